The van der Waals surface area contributed by atoms with Gasteiger partial charge in [-0.2, -0.15) is 5.26 Å². The number of likely N-dealkylation sites (tertiary alicyclic amines) is 1. The van der Waals surface area contributed by atoms with Gasteiger partial charge in [-0.25, -0.2) is 0 Å². The highest BCUT2D eigenvalue weighted by Gasteiger charge is 2.34. The minimum atomic E-state index is -0.495. The molecule has 0 atom stereocenters. The third-order valence-corrected chi connectivity index (χ3v) is 4.17. The molecule has 0 unspecified atom stereocenters. The average molecular weight is 307 g/mol. The molecule has 1 saturated heterocycles. The zero-order chi connectivity index (χ0) is 16.5. The fourth-order valence-electron chi connectivity index (χ4n) is 2.83. The average Bonchev–Trinajstić information content (AvgIpc) is 2.58. The lowest BCUT2D eigenvalue weighted by atomic mass is 9.88. The molecule has 1 fully saturated rings. The van der Waals surface area contributed by atoms with Crippen LogP contribution in [-0.4, -0.2) is 23.5 Å². The number of hydrogen-bond donors (Lipinski definition) is 1. The van der Waals surface area contributed by atoms with Crippen LogP contribution in [0.4, 0.5) is 0 Å². The zero-order valence-electron chi connectivity index (χ0n) is 13.8. The lowest BCUT2D eigenvalue weighted by Crippen LogP contribution is -2.51. The molecule has 23 heavy (non-hydrogen) atoms. The second-order valence-corrected chi connectivity index (χ2v) is 5.99. The second-order valence-electron chi connectivity index (χ2n) is 5.99. The Hall–Kier alpha value is -2.31. The van der Waals surface area contributed by atoms with E-state index in [1.807, 2.05) is 37.3 Å². The minimum Gasteiger partial charge on any atom is -0.368 e. The van der Waals surface area contributed by atoms with Crippen LogP contribution in [0.1, 0.15) is 25.3 Å². The summed E-state index contributed by atoms with van der Waals surface area (Å²) in [7, 11) is 0. The van der Waals surface area contributed by atoms with Gasteiger partial charge in [-0.05, 0) is 31.4 Å². The number of benzene rings is 1. The molecule has 3 nitrogen and oxygen atoms in total. The van der Waals surface area contributed by atoms with Crippen molar-refractivity contribution in [3.05, 3.63) is 72.5 Å². The maximum atomic E-state index is 9.63. The van der Waals surface area contributed by atoms with Gasteiger partial charge in [-0.3, -0.25) is 4.90 Å². The molecule has 0 aliphatic carbocycles. The van der Waals surface area contributed by atoms with Crippen LogP contribution in [0.15, 0.2) is 66.9 Å². The van der Waals surface area contributed by atoms with Crippen molar-refractivity contribution in [2.24, 2.45) is 0 Å². The maximum absolute atomic E-state index is 9.63. The predicted molar refractivity (Wildman–Crippen MR) is 95.5 cm³/mol. The van der Waals surface area contributed by atoms with E-state index in [1.54, 1.807) is 0 Å². The number of nitrogens with zero attached hydrogens (tertiary/aromatic N) is 2. The van der Waals surface area contributed by atoms with E-state index in [2.05, 4.69) is 47.1 Å². The molecule has 0 spiro atoms. The van der Waals surface area contributed by atoms with Crippen molar-refractivity contribution in [3.8, 4) is 6.07 Å². The standard InChI is InChI=1S/C20H25N3/c1-3-4-6-9-18(2)22-20(17-21)12-14-23(15-13-20)16-19-10-7-5-8-11-19/h3-11,22H,2,12-16H2,1H3/b4-3-,9-6-. The van der Waals surface area contributed by atoms with E-state index in [-0.39, 0.29) is 0 Å². The van der Waals surface area contributed by atoms with Crippen molar-refractivity contribution in [2.45, 2.75) is 31.8 Å². The molecule has 1 heterocycles. The predicted octanol–water partition coefficient (Wildman–Crippen LogP) is 3.78. The Morgan fingerprint density at radius 3 is 2.61 bits per heavy atom. The van der Waals surface area contributed by atoms with Crippen molar-refractivity contribution < 1.29 is 0 Å². The maximum Gasteiger partial charge on any atom is 0.127 e. The van der Waals surface area contributed by atoms with E-state index in [0.717, 1.165) is 38.2 Å². The van der Waals surface area contributed by atoms with Crippen molar-refractivity contribution in [1.29, 1.82) is 5.26 Å². The first-order valence-electron chi connectivity index (χ1n) is 8.11. The van der Waals surface area contributed by atoms with Gasteiger partial charge in [-0.1, -0.05) is 55.1 Å². The summed E-state index contributed by atoms with van der Waals surface area (Å²) >= 11 is 0. The lowest BCUT2D eigenvalue weighted by Gasteiger charge is -2.38. The van der Waals surface area contributed by atoms with Gasteiger partial charge in [0.05, 0.1) is 6.07 Å². The normalized spacial score (nSPS) is 18.1. The molecule has 1 aliphatic rings. The first-order valence-corrected chi connectivity index (χ1v) is 8.11. The van der Waals surface area contributed by atoms with Gasteiger partial charge < -0.3 is 5.32 Å². The topological polar surface area (TPSA) is 39.1 Å². The van der Waals surface area contributed by atoms with Crippen LogP contribution in [0.25, 0.3) is 0 Å². The summed E-state index contributed by atoms with van der Waals surface area (Å²) in [4.78, 5) is 2.41. The van der Waals surface area contributed by atoms with Gasteiger partial charge in [0.25, 0.3) is 0 Å². The third kappa shape index (κ3) is 5.12. The smallest absolute Gasteiger partial charge is 0.127 e. The highest BCUT2D eigenvalue weighted by Crippen LogP contribution is 2.24. The van der Waals surface area contributed by atoms with Gasteiger partial charge in [-0.15, -0.1) is 0 Å². The summed E-state index contributed by atoms with van der Waals surface area (Å²) in [5, 5.41) is 13.0. The molecule has 1 aromatic rings. The van der Waals surface area contributed by atoms with E-state index in [9.17, 15) is 5.26 Å². The summed E-state index contributed by atoms with van der Waals surface area (Å²) in [6, 6.07) is 13.0. The quantitative estimate of drug-likeness (QED) is 0.813. The van der Waals surface area contributed by atoms with Crippen LogP contribution in [0.3, 0.4) is 0 Å². The Bertz CT molecular complexity index is 600. The van der Waals surface area contributed by atoms with E-state index < -0.39 is 5.54 Å². The van der Waals surface area contributed by atoms with Crippen LogP contribution in [0, 0.1) is 11.3 Å². The molecule has 0 bridgehead atoms. The van der Waals surface area contributed by atoms with Crippen LogP contribution in [0.5, 0.6) is 0 Å². The first-order chi connectivity index (χ1) is 11.2. The molecule has 0 radical (unpaired) electrons. The zero-order valence-corrected chi connectivity index (χ0v) is 13.8. The van der Waals surface area contributed by atoms with Gasteiger partial charge in [0.1, 0.15) is 5.54 Å². The number of nitriles is 1. The van der Waals surface area contributed by atoms with E-state index in [0.29, 0.717) is 0 Å². The first kappa shape index (κ1) is 17.1. The van der Waals surface area contributed by atoms with Gasteiger partial charge in [0.2, 0.25) is 0 Å². The Labute approximate surface area is 139 Å². The highest BCUT2D eigenvalue weighted by molar-refractivity contribution is 5.24. The van der Waals surface area contributed by atoms with Crippen molar-refractivity contribution in [2.75, 3.05) is 13.1 Å². The molecular formula is C20H25N3. The van der Waals surface area contributed by atoms with Gasteiger partial charge >= 0.3 is 0 Å². The number of allylic oxidation sites excluding steroid dienone is 4. The second kappa shape index (κ2) is 8.36. The number of rotatable bonds is 6. The van der Waals surface area contributed by atoms with Crippen LogP contribution >= 0.6 is 0 Å². The molecule has 3 heteroatoms. The summed E-state index contributed by atoms with van der Waals surface area (Å²) in [5.41, 5.74) is 1.62. The lowest BCUT2D eigenvalue weighted by molar-refractivity contribution is 0.167. The Morgan fingerprint density at radius 2 is 2.00 bits per heavy atom. The van der Waals surface area contributed by atoms with Gasteiger partial charge in [0, 0.05) is 25.3 Å². The molecule has 0 aromatic heterocycles. The molecule has 0 amide bonds. The minimum absolute atomic E-state index is 0.495. The Morgan fingerprint density at radius 1 is 1.30 bits per heavy atom. The molecule has 1 N–H and O–H groups in total. The van der Waals surface area contributed by atoms with E-state index >= 15 is 0 Å². The fourth-order valence-corrected chi connectivity index (χ4v) is 2.83. The summed E-state index contributed by atoms with van der Waals surface area (Å²) < 4.78 is 0. The number of piperidine rings is 1. The van der Waals surface area contributed by atoms with Crippen molar-refractivity contribution in [1.82, 2.24) is 10.2 Å². The molecule has 0 saturated carbocycles. The molecular weight excluding hydrogens is 282 g/mol. The van der Waals surface area contributed by atoms with Crippen molar-refractivity contribution in [3.63, 3.8) is 0 Å². The van der Waals surface area contributed by atoms with E-state index in [4.69, 9.17) is 0 Å². The SMILES string of the molecule is C=C(/C=C\C=C/C)NC1(C#N)CCN(Cc2ccccc2)CC1. The Balaban J connectivity index is 1.89. The number of hydrogen-bond acceptors (Lipinski definition) is 3. The van der Waals surface area contributed by atoms with E-state index in [1.165, 1.54) is 5.56 Å². The Kier molecular flexibility index (Phi) is 6.19. The molecule has 120 valence electrons. The van der Waals surface area contributed by atoms with Crippen LogP contribution in [0.2, 0.25) is 0 Å². The summed E-state index contributed by atoms with van der Waals surface area (Å²) in [6.07, 6.45) is 9.39. The number of nitrogens with one attached hydrogen (secondary N) is 1. The van der Waals surface area contributed by atoms with Crippen molar-refractivity contribution >= 4 is 0 Å². The van der Waals surface area contributed by atoms with Crippen LogP contribution < -0.4 is 5.32 Å². The molecule has 2 rings (SSSR count). The van der Waals surface area contributed by atoms with Gasteiger partial charge in [0.15, 0.2) is 0 Å². The largest absolute Gasteiger partial charge is 0.368 e. The fraction of sp³-hybridized carbons (Fsp3) is 0.350. The molecule has 1 aliphatic heterocycles. The van der Waals surface area contributed by atoms with Crippen LogP contribution in [-0.2, 0) is 6.54 Å². The highest BCUT2D eigenvalue weighted by atomic mass is 15.2. The molecule has 1 aromatic carbocycles. The third-order valence-electron chi connectivity index (χ3n) is 4.17. The summed E-state index contributed by atoms with van der Waals surface area (Å²) in [5.74, 6) is 0. The monoisotopic (exact) mass is 307 g/mol. The summed E-state index contributed by atoms with van der Waals surface area (Å²) in [6.45, 7) is 8.76.